The first-order valence-electron chi connectivity index (χ1n) is 5.50. The lowest BCUT2D eigenvalue weighted by Gasteiger charge is -2.07. The number of sulfonamides is 1. The highest BCUT2D eigenvalue weighted by atomic mass is 32.2. The average Bonchev–Trinajstić information content (AvgIpc) is 2.42. The van der Waals surface area contributed by atoms with E-state index in [-0.39, 0.29) is 12.2 Å². The molecule has 0 spiro atoms. The number of aliphatic hydroxyl groups is 1. The molecule has 0 aliphatic heterocycles. The lowest BCUT2D eigenvalue weighted by molar-refractivity contribution is -0.119. The number of rotatable bonds is 4. The predicted molar refractivity (Wildman–Crippen MR) is 69.6 cm³/mol. The van der Waals surface area contributed by atoms with Gasteiger partial charge in [-0.2, -0.15) is 0 Å². The van der Waals surface area contributed by atoms with Gasteiger partial charge in [0.2, 0.25) is 15.9 Å². The summed E-state index contributed by atoms with van der Waals surface area (Å²) in [4.78, 5) is 10.4. The topological polar surface area (TPSA) is 95.5 Å². The molecule has 0 saturated heterocycles. The van der Waals surface area contributed by atoms with Gasteiger partial charge in [0, 0.05) is 12.6 Å². The van der Waals surface area contributed by atoms with Gasteiger partial charge in [-0.05, 0) is 18.2 Å². The molecule has 0 radical (unpaired) electrons. The van der Waals surface area contributed by atoms with Crippen LogP contribution in [0.4, 0.5) is 4.39 Å². The van der Waals surface area contributed by atoms with E-state index < -0.39 is 33.2 Å². The van der Waals surface area contributed by atoms with Crippen LogP contribution in [0.2, 0.25) is 0 Å². The van der Waals surface area contributed by atoms with Gasteiger partial charge in [-0.25, -0.2) is 17.5 Å². The maximum absolute atomic E-state index is 13.7. The summed E-state index contributed by atoms with van der Waals surface area (Å²) >= 11 is 0. The maximum Gasteiger partial charge on any atom is 0.243 e. The highest BCUT2D eigenvalue weighted by molar-refractivity contribution is 7.89. The molecule has 0 atom stereocenters. The van der Waals surface area contributed by atoms with Crippen molar-refractivity contribution in [1.29, 1.82) is 0 Å². The van der Waals surface area contributed by atoms with Gasteiger partial charge in [-0.1, -0.05) is 11.8 Å². The molecule has 1 aromatic rings. The second-order valence-electron chi connectivity index (χ2n) is 3.60. The number of hydrogen-bond acceptors (Lipinski definition) is 4. The molecule has 0 aliphatic rings. The van der Waals surface area contributed by atoms with Crippen molar-refractivity contribution in [2.45, 2.75) is 4.90 Å². The summed E-state index contributed by atoms with van der Waals surface area (Å²) < 4.78 is 39.3. The van der Waals surface area contributed by atoms with Gasteiger partial charge >= 0.3 is 0 Å². The normalized spacial score (nSPS) is 10.6. The molecule has 0 aromatic heterocycles. The van der Waals surface area contributed by atoms with E-state index in [9.17, 15) is 17.6 Å². The zero-order valence-electron chi connectivity index (χ0n) is 10.6. The molecule has 8 heteroatoms. The molecule has 108 valence electrons. The zero-order valence-corrected chi connectivity index (χ0v) is 11.4. The van der Waals surface area contributed by atoms with Crippen LogP contribution in [0.5, 0.6) is 0 Å². The highest BCUT2D eigenvalue weighted by Gasteiger charge is 2.19. The Morgan fingerprint density at radius 3 is 2.70 bits per heavy atom. The number of benzene rings is 1. The number of aliphatic hydroxyl groups excluding tert-OH is 1. The summed E-state index contributed by atoms with van der Waals surface area (Å²) in [6.07, 6.45) is 0. The van der Waals surface area contributed by atoms with Gasteiger partial charge in [0.05, 0.1) is 6.54 Å². The van der Waals surface area contributed by atoms with Crippen LogP contribution in [0.3, 0.4) is 0 Å². The van der Waals surface area contributed by atoms with E-state index in [0.29, 0.717) is 0 Å². The smallest absolute Gasteiger partial charge is 0.243 e. The summed E-state index contributed by atoms with van der Waals surface area (Å²) in [6, 6.07) is 3.29. The Hall–Kier alpha value is -1.95. The third kappa shape index (κ3) is 4.31. The minimum atomic E-state index is -4.12. The largest absolute Gasteiger partial charge is 0.384 e. The predicted octanol–water partition coefficient (Wildman–Crippen LogP) is -0.806. The van der Waals surface area contributed by atoms with Gasteiger partial charge in [-0.3, -0.25) is 4.79 Å². The summed E-state index contributed by atoms with van der Waals surface area (Å²) in [5, 5.41) is 10.7. The number of hydrogen-bond donors (Lipinski definition) is 3. The van der Waals surface area contributed by atoms with Gasteiger partial charge < -0.3 is 10.4 Å². The monoisotopic (exact) mass is 300 g/mol. The average molecular weight is 300 g/mol. The number of amides is 1. The molecule has 0 saturated carbocycles. The number of carbonyl (C=O) groups is 1. The fourth-order valence-corrected chi connectivity index (χ4v) is 2.30. The van der Waals surface area contributed by atoms with Crippen molar-refractivity contribution < 1.29 is 22.7 Å². The van der Waals surface area contributed by atoms with E-state index in [0.717, 1.165) is 12.1 Å². The van der Waals surface area contributed by atoms with Crippen molar-refractivity contribution in [3.63, 3.8) is 0 Å². The van der Waals surface area contributed by atoms with E-state index in [1.54, 1.807) is 0 Å². The molecule has 0 aliphatic carbocycles. The van der Waals surface area contributed by atoms with E-state index in [1.807, 2.05) is 4.72 Å². The molecule has 6 nitrogen and oxygen atoms in total. The summed E-state index contributed by atoms with van der Waals surface area (Å²) in [7, 11) is -2.76. The molecule has 3 N–H and O–H groups in total. The molecule has 1 rings (SSSR count). The standard InChI is InChI=1S/C12H13FN2O4S/c1-14-12(17)8-15-20(18,19)11-5-4-9(3-2-6-16)7-10(11)13/h4-5,7,15-16H,6,8H2,1H3,(H,14,17). The Morgan fingerprint density at radius 1 is 1.45 bits per heavy atom. The van der Waals surface area contributed by atoms with Crippen molar-refractivity contribution in [2.24, 2.45) is 0 Å². The van der Waals surface area contributed by atoms with Crippen LogP contribution in [-0.4, -0.2) is 39.6 Å². The van der Waals surface area contributed by atoms with Crippen molar-refractivity contribution in [2.75, 3.05) is 20.2 Å². The molecule has 1 amide bonds. The van der Waals surface area contributed by atoms with Crippen LogP contribution in [-0.2, 0) is 14.8 Å². The molecule has 1 aromatic carbocycles. The number of carbonyl (C=O) groups excluding carboxylic acids is 1. The van der Waals surface area contributed by atoms with Crippen LogP contribution < -0.4 is 10.0 Å². The highest BCUT2D eigenvalue weighted by Crippen LogP contribution is 2.15. The first-order chi connectivity index (χ1) is 9.40. The van der Waals surface area contributed by atoms with Crippen molar-refractivity contribution >= 4 is 15.9 Å². The molecule has 0 fully saturated rings. The fourth-order valence-electron chi connectivity index (χ4n) is 1.26. The fraction of sp³-hybridized carbons (Fsp3) is 0.250. The lowest BCUT2D eigenvalue weighted by atomic mass is 10.2. The molecule has 20 heavy (non-hydrogen) atoms. The van der Waals surface area contributed by atoms with E-state index >= 15 is 0 Å². The van der Waals surface area contributed by atoms with Crippen LogP contribution in [0, 0.1) is 17.7 Å². The van der Waals surface area contributed by atoms with E-state index in [2.05, 4.69) is 17.2 Å². The van der Waals surface area contributed by atoms with Crippen molar-refractivity contribution in [1.82, 2.24) is 10.0 Å². The number of nitrogens with one attached hydrogen (secondary N) is 2. The lowest BCUT2D eigenvalue weighted by Crippen LogP contribution is -2.35. The Labute approximate surface area is 116 Å². The summed E-state index contributed by atoms with van der Waals surface area (Å²) in [6.45, 7) is -0.861. The molecular weight excluding hydrogens is 287 g/mol. The van der Waals surface area contributed by atoms with Crippen LogP contribution >= 0.6 is 0 Å². The SMILES string of the molecule is CNC(=O)CNS(=O)(=O)c1ccc(C#CCO)cc1F. The molecular formula is C12H13FN2O4S. The third-order valence-corrected chi connectivity index (χ3v) is 3.67. The minimum absolute atomic E-state index is 0.238. The Balaban J connectivity index is 2.99. The Bertz CT molecular complexity index is 662. The quantitative estimate of drug-likeness (QED) is 0.634. The van der Waals surface area contributed by atoms with Crippen molar-refractivity contribution in [3.8, 4) is 11.8 Å². The molecule has 0 bridgehead atoms. The Kier molecular flexibility index (Phi) is 5.64. The van der Waals surface area contributed by atoms with Crippen LogP contribution in [0.15, 0.2) is 23.1 Å². The Morgan fingerprint density at radius 2 is 2.15 bits per heavy atom. The van der Waals surface area contributed by atoms with Gasteiger partial charge in [0.25, 0.3) is 0 Å². The summed E-state index contributed by atoms with van der Waals surface area (Å²) in [5.41, 5.74) is 0.238. The zero-order chi connectivity index (χ0) is 15.2. The number of halogens is 1. The maximum atomic E-state index is 13.7. The second-order valence-corrected chi connectivity index (χ2v) is 5.34. The molecule has 0 heterocycles. The third-order valence-electron chi connectivity index (χ3n) is 2.23. The second kappa shape index (κ2) is 7.00. The minimum Gasteiger partial charge on any atom is -0.384 e. The van der Waals surface area contributed by atoms with Crippen LogP contribution in [0.25, 0.3) is 0 Å². The van der Waals surface area contributed by atoms with Gasteiger partial charge in [0.15, 0.2) is 0 Å². The van der Waals surface area contributed by atoms with Crippen LogP contribution in [0.1, 0.15) is 5.56 Å². The number of likely N-dealkylation sites (N-methyl/N-ethyl adjacent to an activating group) is 1. The van der Waals surface area contributed by atoms with Gasteiger partial charge in [-0.15, -0.1) is 0 Å². The van der Waals surface area contributed by atoms with Gasteiger partial charge in [0.1, 0.15) is 17.3 Å². The first-order valence-corrected chi connectivity index (χ1v) is 6.98. The van der Waals surface area contributed by atoms with E-state index in [4.69, 9.17) is 5.11 Å². The van der Waals surface area contributed by atoms with Crippen molar-refractivity contribution in [3.05, 3.63) is 29.6 Å². The van der Waals surface area contributed by atoms with E-state index in [1.165, 1.54) is 13.1 Å². The molecule has 0 unspecified atom stereocenters. The summed E-state index contributed by atoms with van der Waals surface area (Å²) in [5.74, 6) is 3.24. The first kappa shape index (κ1) is 16.1.